The van der Waals surface area contributed by atoms with Gasteiger partial charge in [-0.1, -0.05) is 0 Å². The highest BCUT2D eigenvalue weighted by molar-refractivity contribution is 5.99. The molecule has 5 nitrogen and oxygen atoms in total. The molecule has 0 bridgehead atoms. The summed E-state index contributed by atoms with van der Waals surface area (Å²) in [7, 11) is 0. The van der Waals surface area contributed by atoms with Gasteiger partial charge in [-0.15, -0.1) is 0 Å². The number of hydrogen-bond acceptors (Lipinski definition) is 2. The third kappa shape index (κ3) is 4.12. The molecule has 2 aromatic rings. The van der Waals surface area contributed by atoms with E-state index in [-0.39, 0.29) is 11.7 Å². The van der Waals surface area contributed by atoms with E-state index >= 15 is 0 Å². The zero-order valence-corrected chi connectivity index (χ0v) is 13.3. The third-order valence-corrected chi connectivity index (χ3v) is 4.02. The number of hydrogen-bond donors (Lipinski definition) is 2. The van der Waals surface area contributed by atoms with Crippen molar-refractivity contribution in [3.63, 3.8) is 0 Å². The van der Waals surface area contributed by atoms with E-state index in [1.807, 2.05) is 0 Å². The number of likely N-dealkylation sites (tertiary alicyclic amines) is 1. The van der Waals surface area contributed by atoms with E-state index in [2.05, 4.69) is 10.6 Å². The van der Waals surface area contributed by atoms with Gasteiger partial charge >= 0.3 is 6.03 Å². The van der Waals surface area contributed by atoms with Gasteiger partial charge in [0, 0.05) is 17.9 Å². The van der Waals surface area contributed by atoms with E-state index in [0.717, 1.165) is 0 Å². The summed E-state index contributed by atoms with van der Waals surface area (Å²) in [5.41, 5.74) is 0.924. The molecule has 2 aromatic carbocycles. The molecule has 2 N–H and O–H groups in total. The molecule has 3 rings (SSSR count). The van der Waals surface area contributed by atoms with Gasteiger partial charge in [0.1, 0.15) is 17.7 Å². The maximum atomic E-state index is 12.9. The zero-order chi connectivity index (χ0) is 17.8. The Morgan fingerprint density at radius 1 is 0.880 bits per heavy atom. The van der Waals surface area contributed by atoms with Crippen LogP contribution in [0, 0.1) is 11.6 Å². The Balaban J connectivity index is 1.64. The summed E-state index contributed by atoms with van der Waals surface area (Å²) in [6.07, 6.45) is 1.25. The molecule has 7 heteroatoms. The average Bonchev–Trinajstić information content (AvgIpc) is 3.09. The Morgan fingerprint density at radius 2 is 1.40 bits per heavy atom. The molecule has 0 spiro atoms. The summed E-state index contributed by atoms with van der Waals surface area (Å²) < 4.78 is 25.9. The normalized spacial score (nSPS) is 16.6. The minimum atomic E-state index is -0.606. The van der Waals surface area contributed by atoms with Crippen LogP contribution < -0.4 is 10.6 Å². The van der Waals surface area contributed by atoms with Crippen molar-refractivity contribution < 1.29 is 18.4 Å². The smallest absolute Gasteiger partial charge is 0.322 e. The largest absolute Gasteiger partial charge is 0.324 e. The fourth-order valence-electron chi connectivity index (χ4n) is 2.77. The predicted octanol–water partition coefficient (Wildman–Crippen LogP) is 3.60. The van der Waals surface area contributed by atoms with Crippen molar-refractivity contribution in [2.24, 2.45) is 0 Å². The van der Waals surface area contributed by atoms with Crippen LogP contribution in [0.1, 0.15) is 12.8 Å². The third-order valence-electron chi connectivity index (χ3n) is 4.02. The van der Waals surface area contributed by atoms with Crippen LogP contribution in [0.25, 0.3) is 0 Å². The zero-order valence-electron chi connectivity index (χ0n) is 13.3. The minimum Gasteiger partial charge on any atom is -0.324 e. The number of carbonyl (C=O) groups is 2. The van der Waals surface area contributed by atoms with E-state index in [0.29, 0.717) is 30.8 Å². The number of rotatable bonds is 3. The number of benzene rings is 2. The molecule has 3 amide bonds. The van der Waals surface area contributed by atoms with E-state index in [9.17, 15) is 18.4 Å². The number of nitrogens with zero attached hydrogens (tertiary/aromatic N) is 1. The molecule has 0 aliphatic carbocycles. The van der Waals surface area contributed by atoms with Crippen LogP contribution in [0.2, 0.25) is 0 Å². The van der Waals surface area contributed by atoms with Gasteiger partial charge in [-0.3, -0.25) is 4.79 Å². The first-order chi connectivity index (χ1) is 12.0. The fourth-order valence-corrected chi connectivity index (χ4v) is 2.77. The highest BCUT2D eigenvalue weighted by atomic mass is 19.1. The molecule has 1 aliphatic heterocycles. The van der Waals surface area contributed by atoms with Gasteiger partial charge in [-0.05, 0) is 61.4 Å². The first-order valence-electron chi connectivity index (χ1n) is 7.92. The Labute approximate surface area is 143 Å². The Morgan fingerprint density at radius 3 is 1.96 bits per heavy atom. The lowest BCUT2D eigenvalue weighted by atomic mass is 10.2. The first-order valence-corrected chi connectivity index (χ1v) is 7.92. The van der Waals surface area contributed by atoms with Gasteiger partial charge in [-0.25, -0.2) is 13.6 Å². The van der Waals surface area contributed by atoms with Crippen molar-refractivity contribution >= 4 is 23.3 Å². The molecular weight excluding hydrogens is 328 g/mol. The first kappa shape index (κ1) is 16.9. The second kappa shape index (κ2) is 7.29. The highest BCUT2D eigenvalue weighted by Crippen LogP contribution is 2.21. The summed E-state index contributed by atoms with van der Waals surface area (Å²) >= 11 is 0. The lowest BCUT2D eigenvalue weighted by Crippen LogP contribution is -2.45. The molecule has 1 aliphatic rings. The Kier molecular flexibility index (Phi) is 4.92. The van der Waals surface area contributed by atoms with Gasteiger partial charge in [0.25, 0.3) is 0 Å². The molecule has 1 heterocycles. The average molecular weight is 345 g/mol. The lowest BCUT2D eigenvalue weighted by Gasteiger charge is -2.24. The van der Waals surface area contributed by atoms with Crippen molar-refractivity contribution in [3.8, 4) is 0 Å². The molecule has 1 unspecified atom stereocenters. The number of halogens is 2. The maximum Gasteiger partial charge on any atom is 0.322 e. The van der Waals surface area contributed by atoms with E-state index in [1.54, 1.807) is 0 Å². The van der Waals surface area contributed by atoms with Crippen LogP contribution in [0.4, 0.5) is 25.0 Å². The van der Waals surface area contributed by atoms with E-state index < -0.39 is 17.9 Å². The number of amides is 3. The van der Waals surface area contributed by atoms with Crippen LogP contribution in [0.3, 0.4) is 0 Å². The number of urea groups is 1. The van der Waals surface area contributed by atoms with Crippen LogP contribution in [0.15, 0.2) is 48.5 Å². The summed E-state index contributed by atoms with van der Waals surface area (Å²) in [4.78, 5) is 26.3. The molecule has 1 atom stereocenters. The molecule has 0 radical (unpaired) electrons. The second-order valence-corrected chi connectivity index (χ2v) is 5.78. The van der Waals surface area contributed by atoms with Gasteiger partial charge < -0.3 is 15.5 Å². The summed E-state index contributed by atoms with van der Waals surface area (Å²) in [6, 6.07) is 9.82. The lowest BCUT2D eigenvalue weighted by molar-refractivity contribution is -0.119. The Hall–Kier alpha value is -2.96. The number of nitrogens with one attached hydrogen (secondary N) is 2. The molecular formula is C18H17F2N3O2. The van der Waals surface area contributed by atoms with Crippen LogP contribution in [-0.2, 0) is 4.79 Å². The van der Waals surface area contributed by atoms with Crippen molar-refractivity contribution in [1.29, 1.82) is 0 Å². The van der Waals surface area contributed by atoms with Crippen LogP contribution >= 0.6 is 0 Å². The summed E-state index contributed by atoms with van der Waals surface area (Å²) in [5.74, 6) is -1.10. The highest BCUT2D eigenvalue weighted by Gasteiger charge is 2.34. The van der Waals surface area contributed by atoms with Gasteiger partial charge in [0.05, 0.1) is 0 Å². The second-order valence-electron chi connectivity index (χ2n) is 5.78. The summed E-state index contributed by atoms with van der Waals surface area (Å²) in [6.45, 7) is 0.453. The van der Waals surface area contributed by atoms with Crippen molar-refractivity contribution in [2.75, 3.05) is 17.2 Å². The van der Waals surface area contributed by atoms with Crippen molar-refractivity contribution in [1.82, 2.24) is 4.90 Å². The number of anilines is 2. The van der Waals surface area contributed by atoms with E-state index in [4.69, 9.17) is 0 Å². The quantitative estimate of drug-likeness (QED) is 0.893. The predicted molar refractivity (Wildman–Crippen MR) is 90.2 cm³/mol. The van der Waals surface area contributed by atoms with Crippen molar-refractivity contribution in [2.45, 2.75) is 18.9 Å². The topological polar surface area (TPSA) is 61.4 Å². The number of carbonyl (C=O) groups excluding carboxylic acids is 2. The standard InChI is InChI=1S/C18H17F2N3O2/c19-12-3-7-14(8-4-12)21-17(24)16-2-1-11-23(16)18(25)22-15-9-5-13(20)6-10-15/h3-10,16H,1-2,11H2,(H,21,24)(H,22,25). The van der Waals surface area contributed by atoms with Gasteiger partial charge in [-0.2, -0.15) is 0 Å². The molecule has 0 saturated carbocycles. The molecule has 130 valence electrons. The van der Waals surface area contributed by atoms with Crippen molar-refractivity contribution in [3.05, 3.63) is 60.2 Å². The Bertz CT molecular complexity index is 697. The maximum absolute atomic E-state index is 12.9. The molecule has 25 heavy (non-hydrogen) atoms. The van der Waals surface area contributed by atoms with Gasteiger partial charge in [0.15, 0.2) is 0 Å². The summed E-state index contributed by atoms with van der Waals surface area (Å²) in [5, 5.41) is 5.35. The SMILES string of the molecule is O=C(Nc1ccc(F)cc1)C1CCCN1C(=O)Nc1ccc(F)cc1. The van der Waals surface area contributed by atoms with Crippen LogP contribution in [0.5, 0.6) is 0 Å². The fraction of sp³-hybridized carbons (Fsp3) is 0.222. The minimum absolute atomic E-state index is 0.321. The molecule has 1 saturated heterocycles. The van der Waals surface area contributed by atoms with E-state index in [1.165, 1.54) is 53.4 Å². The monoisotopic (exact) mass is 345 g/mol. The molecule has 0 aromatic heterocycles. The van der Waals surface area contributed by atoms with Crippen LogP contribution in [-0.4, -0.2) is 29.4 Å². The van der Waals surface area contributed by atoms with Gasteiger partial charge in [0.2, 0.25) is 5.91 Å². The molecule has 1 fully saturated rings.